The molecule has 0 saturated heterocycles. The Bertz CT molecular complexity index is 1190. The summed E-state index contributed by atoms with van der Waals surface area (Å²) in [6.07, 6.45) is 3.21. The molecule has 1 aromatic heterocycles. The second-order valence-electron chi connectivity index (χ2n) is 8.04. The van der Waals surface area contributed by atoms with Gasteiger partial charge in [0.1, 0.15) is 5.76 Å². The number of rotatable bonds is 7. The van der Waals surface area contributed by atoms with E-state index in [-0.39, 0.29) is 16.8 Å². The Balaban J connectivity index is 1.54. The molecule has 0 radical (unpaired) electrons. The highest BCUT2D eigenvalue weighted by molar-refractivity contribution is 7.92. The minimum atomic E-state index is -3.78. The molecule has 1 aliphatic rings. The van der Waals surface area contributed by atoms with Crippen LogP contribution in [-0.2, 0) is 16.4 Å². The molecular weight excluding hydrogens is 426 g/mol. The lowest BCUT2D eigenvalue weighted by atomic mass is 10.0. The maximum atomic E-state index is 13.4. The number of sulfonamides is 1. The van der Waals surface area contributed by atoms with E-state index in [9.17, 15) is 13.2 Å². The number of furan rings is 1. The summed E-state index contributed by atoms with van der Waals surface area (Å²) in [7, 11) is 0.0300. The number of nitrogens with one attached hydrogen (secondary N) is 1. The largest absolute Gasteiger partial charge is 0.468 e. The number of carbonyl (C=O) groups excluding carboxylic acids is 1. The lowest BCUT2D eigenvalue weighted by Gasteiger charge is -2.30. The van der Waals surface area contributed by atoms with Gasteiger partial charge in [-0.05, 0) is 68.9 Å². The fourth-order valence-electron chi connectivity index (χ4n) is 3.98. The molecule has 0 aliphatic carbocycles. The zero-order valence-electron chi connectivity index (χ0n) is 18.2. The molecule has 2 aromatic carbocycles. The van der Waals surface area contributed by atoms with Crippen molar-refractivity contribution in [3.8, 4) is 0 Å². The number of para-hydroxylation sites is 1. The van der Waals surface area contributed by atoms with Crippen LogP contribution in [0.15, 0.2) is 76.2 Å². The monoisotopic (exact) mass is 453 g/mol. The summed E-state index contributed by atoms with van der Waals surface area (Å²) < 4.78 is 33.7. The fourth-order valence-corrected chi connectivity index (χ4v) is 5.57. The average molecular weight is 454 g/mol. The van der Waals surface area contributed by atoms with Crippen molar-refractivity contribution in [1.29, 1.82) is 0 Å². The number of anilines is 1. The fraction of sp³-hybridized carbons (Fsp3) is 0.292. The van der Waals surface area contributed by atoms with Gasteiger partial charge in [-0.3, -0.25) is 14.0 Å². The predicted octanol–water partition coefficient (Wildman–Crippen LogP) is 3.45. The summed E-state index contributed by atoms with van der Waals surface area (Å²) in [5, 5.41) is 2.89. The molecule has 2 heterocycles. The molecule has 1 unspecified atom stereocenters. The Morgan fingerprint density at radius 1 is 1.12 bits per heavy atom. The van der Waals surface area contributed by atoms with Gasteiger partial charge >= 0.3 is 0 Å². The Morgan fingerprint density at radius 2 is 1.94 bits per heavy atom. The molecule has 1 N–H and O–H groups in total. The minimum Gasteiger partial charge on any atom is -0.468 e. The summed E-state index contributed by atoms with van der Waals surface area (Å²) in [6.45, 7) is 0.749. The number of benzene rings is 2. The number of aryl methyl sites for hydroxylation is 1. The second-order valence-corrected chi connectivity index (χ2v) is 9.90. The number of likely N-dealkylation sites (N-methyl/N-ethyl adjacent to an activating group) is 1. The first-order chi connectivity index (χ1) is 15.4. The van der Waals surface area contributed by atoms with Crippen molar-refractivity contribution in [2.75, 3.05) is 31.5 Å². The first-order valence-corrected chi connectivity index (χ1v) is 12.0. The van der Waals surface area contributed by atoms with E-state index in [1.54, 1.807) is 24.5 Å². The van der Waals surface area contributed by atoms with Crippen molar-refractivity contribution in [2.45, 2.75) is 23.8 Å². The van der Waals surface area contributed by atoms with Crippen LogP contribution in [-0.4, -0.2) is 46.4 Å². The number of hydrogen-bond donors (Lipinski definition) is 1. The molecule has 8 heteroatoms. The Kier molecular flexibility index (Phi) is 6.34. The normalized spacial score (nSPS) is 14.8. The van der Waals surface area contributed by atoms with Crippen LogP contribution in [0.3, 0.4) is 0 Å². The Morgan fingerprint density at radius 3 is 2.69 bits per heavy atom. The zero-order chi connectivity index (χ0) is 22.7. The maximum absolute atomic E-state index is 13.4. The standard InChI is InChI=1S/C24H27N3O4S/c1-26(2)22(23-13-7-15-31-23)17-25-24(28)19-9-5-11-20(16-19)32(29,30)27-14-6-10-18-8-3-4-12-21(18)27/h3-5,7-9,11-13,15-16,22H,6,10,14,17H2,1-2H3,(H,25,28). The van der Waals surface area contributed by atoms with E-state index in [2.05, 4.69) is 5.32 Å². The molecule has 0 spiro atoms. The summed E-state index contributed by atoms with van der Waals surface area (Å²) in [6, 6.07) is 17.3. The van der Waals surface area contributed by atoms with Gasteiger partial charge < -0.3 is 9.73 Å². The van der Waals surface area contributed by atoms with Crippen LogP contribution in [0.2, 0.25) is 0 Å². The summed E-state index contributed by atoms with van der Waals surface area (Å²) >= 11 is 0. The highest BCUT2D eigenvalue weighted by Crippen LogP contribution is 2.32. The van der Waals surface area contributed by atoms with Crippen molar-refractivity contribution in [2.24, 2.45) is 0 Å². The Labute approximate surface area is 188 Å². The smallest absolute Gasteiger partial charge is 0.264 e. The van der Waals surface area contributed by atoms with E-state index in [0.717, 1.165) is 24.2 Å². The van der Waals surface area contributed by atoms with Crippen LogP contribution < -0.4 is 9.62 Å². The molecule has 0 fully saturated rings. The van der Waals surface area contributed by atoms with Crippen LogP contribution in [0.5, 0.6) is 0 Å². The van der Waals surface area contributed by atoms with Crippen LogP contribution in [0.1, 0.15) is 34.1 Å². The SMILES string of the molecule is CN(C)C(CNC(=O)c1cccc(S(=O)(=O)N2CCCc3ccccc32)c1)c1ccco1. The van der Waals surface area contributed by atoms with E-state index >= 15 is 0 Å². The van der Waals surface area contributed by atoms with Gasteiger partial charge in [0.05, 0.1) is 22.9 Å². The van der Waals surface area contributed by atoms with Gasteiger partial charge in [0.2, 0.25) is 0 Å². The maximum Gasteiger partial charge on any atom is 0.264 e. The van der Waals surface area contributed by atoms with Gasteiger partial charge in [-0.1, -0.05) is 24.3 Å². The topological polar surface area (TPSA) is 82.9 Å². The van der Waals surface area contributed by atoms with Crippen molar-refractivity contribution < 1.29 is 17.6 Å². The minimum absolute atomic E-state index is 0.108. The number of carbonyl (C=O) groups is 1. The van der Waals surface area contributed by atoms with Crippen molar-refractivity contribution in [3.05, 3.63) is 83.8 Å². The molecule has 3 aromatic rings. The highest BCUT2D eigenvalue weighted by atomic mass is 32.2. The lowest BCUT2D eigenvalue weighted by molar-refractivity contribution is 0.0939. The molecule has 4 rings (SSSR count). The average Bonchev–Trinajstić information content (AvgIpc) is 3.33. The van der Waals surface area contributed by atoms with Gasteiger partial charge in [-0.25, -0.2) is 8.42 Å². The van der Waals surface area contributed by atoms with Crippen molar-refractivity contribution in [3.63, 3.8) is 0 Å². The lowest BCUT2D eigenvalue weighted by Crippen LogP contribution is -2.36. The van der Waals surface area contributed by atoms with Crippen molar-refractivity contribution in [1.82, 2.24) is 10.2 Å². The van der Waals surface area contributed by atoms with Crippen LogP contribution in [0.4, 0.5) is 5.69 Å². The third-order valence-corrected chi connectivity index (χ3v) is 7.51. The zero-order valence-corrected chi connectivity index (χ0v) is 19.0. The van der Waals surface area contributed by atoms with Crippen molar-refractivity contribution >= 4 is 21.6 Å². The first-order valence-electron chi connectivity index (χ1n) is 10.6. The van der Waals surface area contributed by atoms with E-state index in [1.807, 2.05) is 49.3 Å². The third kappa shape index (κ3) is 4.42. The van der Waals surface area contributed by atoms with Crippen LogP contribution in [0, 0.1) is 0 Å². The Hall–Kier alpha value is -3.10. The van der Waals surface area contributed by atoms with E-state index in [0.29, 0.717) is 24.3 Å². The molecule has 168 valence electrons. The molecule has 1 aliphatic heterocycles. The number of nitrogens with zero attached hydrogens (tertiary/aromatic N) is 2. The van der Waals surface area contributed by atoms with Crippen LogP contribution >= 0.6 is 0 Å². The number of fused-ring (bicyclic) bond motifs is 1. The van der Waals surface area contributed by atoms with E-state index in [4.69, 9.17) is 4.42 Å². The van der Waals surface area contributed by atoms with Gasteiger partial charge in [-0.2, -0.15) is 0 Å². The summed E-state index contributed by atoms with van der Waals surface area (Å²) in [5.74, 6) is 0.412. The number of hydrogen-bond acceptors (Lipinski definition) is 5. The molecule has 0 bridgehead atoms. The second kappa shape index (κ2) is 9.18. The third-order valence-electron chi connectivity index (χ3n) is 5.70. The van der Waals surface area contributed by atoms with Crippen LogP contribution in [0.25, 0.3) is 0 Å². The quantitative estimate of drug-likeness (QED) is 0.593. The van der Waals surface area contributed by atoms with E-state index in [1.165, 1.54) is 16.4 Å². The summed E-state index contributed by atoms with van der Waals surface area (Å²) in [4.78, 5) is 14.9. The molecular formula is C24H27N3O4S. The molecule has 1 amide bonds. The molecule has 32 heavy (non-hydrogen) atoms. The predicted molar refractivity (Wildman–Crippen MR) is 123 cm³/mol. The van der Waals surface area contributed by atoms with Gasteiger partial charge in [0, 0.05) is 18.7 Å². The van der Waals surface area contributed by atoms with E-state index < -0.39 is 10.0 Å². The molecule has 0 saturated carbocycles. The molecule has 1 atom stereocenters. The first kappa shape index (κ1) is 22.1. The summed E-state index contributed by atoms with van der Waals surface area (Å²) in [5.41, 5.74) is 2.03. The van der Waals surface area contributed by atoms with Gasteiger partial charge in [0.15, 0.2) is 0 Å². The molecule has 7 nitrogen and oxygen atoms in total. The number of amides is 1. The van der Waals surface area contributed by atoms with Gasteiger partial charge in [0.25, 0.3) is 15.9 Å². The van der Waals surface area contributed by atoms with Gasteiger partial charge in [-0.15, -0.1) is 0 Å². The highest BCUT2D eigenvalue weighted by Gasteiger charge is 2.29.